The van der Waals surface area contributed by atoms with Crippen molar-refractivity contribution in [3.05, 3.63) is 59.4 Å². The zero-order valence-corrected chi connectivity index (χ0v) is 14.3. The fraction of sp³-hybridized carbons (Fsp3) is 0.222. The molecule has 0 N–H and O–H groups in total. The number of aryl methyl sites for hydroxylation is 1. The molecular weight excluding hydrogens is 380 g/mol. The summed E-state index contributed by atoms with van der Waals surface area (Å²) < 4.78 is 52.8. The molecular formula is C18H12F4N4O2. The fourth-order valence-corrected chi connectivity index (χ4v) is 3.17. The van der Waals surface area contributed by atoms with Crippen LogP contribution in [0.2, 0.25) is 0 Å². The number of nitrogens with zero attached hydrogens (tertiary/aromatic N) is 4. The zero-order chi connectivity index (χ0) is 20.2. The minimum absolute atomic E-state index is 0.0239. The monoisotopic (exact) mass is 392 g/mol. The maximum atomic E-state index is 13.9. The number of alkyl halides is 3. The number of carbonyl (C=O) groups is 2. The number of imide groups is 1. The van der Waals surface area contributed by atoms with Gasteiger partial charge in [0.05, 0.1) is 16.9 Å². The molecule has 2 amide bonds. The average Bonchev–Trinajstić information content (AvgIpc) is 3.18. The highest BCUT2D eigenvalue weighted by molar-refractivity contribution is 6.26. The maximum absolute atomic E-state index is 13.9. The quantitative estimate of drug-likeness (QED) is 0.579. The van der Waals surface area contributed by atoms with Gasteiger partial charge in [-0.05, 0) is 42.8 Å². The van der Waals surface area contributed by atoms with Gasteiger partial charge in [-0.2, -0.15) is 18.3 Å². The molecule has 2 heterocycles. The number of benzene rings is 2. The van der Waals surface area contributed by atoms with Gasteiger partial charge in [-0.15, -0.1) is 0 Å². The third-order valence-electron chi connectivity index (χ3n) is 4.63. The summed E-state index contributed by atoms with van der Waals surface area (Å²) in [4.78, 5) is 26.3. The molecule has 0 spiro atoms. The normalized spacial score (nSPS) is 21.6. The van der Waals surface area contributed by atoms with Crippen molar-refractivity contribution >= 4 is 23.2 Å². The third kappa shape index (κ3) is 2.72. The van der Waals surface area contributed by atoms with Crippen LogP contribution < -0.4 is 9.91 Å². The highest BCUT2D eigenvalue weighted by Crippen LogP contribution is 2.37. The second-order valence-electron chi connectivity index (χ2n) is 6.43. The Labute approximate surface area is 156 Å². The van der Waals surface area contributed by atoms with Gasteiger partial charge in [0.1, 0.15) is 5.82 Å². The number of rotatable bonds is 2. The Kier molecular flexibility index (Phi) is 3.95. The molecule has 10 heteroatoms. The Morgan fingerprint density at radius 3 is 2.43 bits per heavy atom. The van der Waals surface area contributed by atoms with Gasteiger partial charge in [0.15, 0.2) is 12.1 Å². The van der Waals surface area contributed by atoms with Crippen molar-refractivity contribution < 1.29 is 27.2 Å². The number of fused-ring (bicyclic) bond motifs is 1. The van der Waals surface area contributed by atoms with E-state index < -0.39 is 41.5 Å². The van der Waals surface area contributed by atoms with Crippen LogP contribution >= 0.6 is 0 Å². The van der Waals surface area contributed by atoms with Gasteiger partial charge in [0.2, 0.25) is 0 Å². The van der Waals surface area contributed by atoms with Crippen molar-refractivity contribution in [3.8, 4) is 0 Å². The molecule has 2 aliphatic heterocycles. The molecule has 0 bridgehead atoms. The number of anilines is 2. The number of carbonyl (C=O) groups excluding carboxylic acids is 2. The molecule has 0 aromatic heterocycles. The lowest BCUT2D eigenvalue weighted by Gasteiger charge is -2.21. The van der Waals surface area contributed by atoms with Crippen LogP contribution in [0.1, 0.15) is 11.1 Å². The molecule has 28 heavy (non-hydrogen) atoms. The summed E-state index contributed by atoms with van der Waals surface area (Å²) in [7, 11) is 0. The molecule has 144 valence electrons. The third-order valence-corrected chi connectivity index (χ3v) is 4.63. The Hall–Kier alpha value is -3.30. The molecule has 2 aliphatic rings. The number of hydrogen-bond acceptors (Lipinski definition) is 5. The Morgan fingerprint density at radius 2 is 1.75 bits per heavy atom. The van der Waals surface area contributed by atoms with E-state index in [4.69, 9.17) is 0 Å². The van der Waals surface area contributed by atoms with Gasteiger partial charge in [0.25, 0.3) is 11.8 Å². The summed E-state index contributed by atoms with van der Waals surface area (Å²) in [5.74, 6) is -2.04. The van der Waals surface area contributed by atoms with Crippen LogP contribution in [0.4, 0.5) is 28.9 Å². The molecule has 1 saturated heterocycles. The van der Waals surface area contributed by atoms with E-state index in [9.17, 15) is 27.2 Å². The lowest BCUT2D eigenvalue weighted by Crippen LogP contribution is -2.40. The van der Waals surface area contributed by atoms with Crippen molar-refractivity contribution in [2.75, 3.05) is 9.91 Å². The molecule has 2 atom stereocenters. The van der Waals surface area contributed by atoms with E-state index in [2.05, 4.69) is 10.3 Å². The Morgan fingerprint density at radius 1 is 1.00 bits per heavy atom. The Balaban J connectivity index is 1.70. The molecule has 2 aromatic rings. The Bertz CT molecular complexity index is 1020. The molecule has 4 rings (SSSR count). The van der Waals surface area contributed by atoms with Crippen LogP contribution in [0.3, 0.4) is 0 Å². The van der Waals surface area contributed by atoms with Gasteiger partial charge >= 0.3 is 6.18 Å². The van der Waals surface area contributed by atoms with Gasteiger partial charge < -0.3 is 0 Å². The van der Waals surface area contributed by atoms with Crippen LogP contribution in [-0.2, 0) is 15.8 Å². The molecule has 0 saturated carbocycles. The van der Waals surface area contributed by atoms with Gasteiger partial charge in [-0.25, -0.2) is 14.3 Å². The van der Waals surface area contributed by atoms with E-state index in [-0.39, 0.29) is 11.4 Å². The lowest BCUT2D eigenvalue weighted by atomic mass is 10.1. The van der Waals surface area contributed by atoms with Crippen molar-refractivity contribution in [1.82, 2.24) is 0 Å². The first kappa shape index (κ1) is 18.1. The predicted octanol–water partition coefficient (Wildman–Crippen LogP) is 3.65. The first-order valence-electron chi connectivity index (χ1n) is 8.20. The predicted molar refractivity (Wildman–Crippen MR) is 90.0 cm³/mol. The fourth-order valence-electron chi connectivity index (χ4n) is 3.17. The second-order valence-corrected chi connectivity index (χ2v) is 6.43. The van der Waals surface area contributed by atoms with Crippen molar-refractivity contribution in [3.63, 3.8) is 0 Å². The molecule has 6 nitrogen and oxygen atoms in total. The van der Waals surface area contributed by atoms with E-state index >= 15 is 0 Å². The SMILES string of the molecule is Cc1ccc(N2C(=O)[C@@H]3[C@@H](N=NN3c3cccc(C(F)(F)F)c3)C2=O)cc1F. The van der Waals surface area contributed by atoms with Gasteiger partial charge in [-0.1, -0.05) is 17.4 Å². The summed E-state index contributed by atoms with van der Waals surface area (Å²) in [6.07, 6.45) is -4.58. The molecule has 0 unspecified atom stereocenters. The standard InChI is InChI=1S/C18H12F4N4O2/c1-9-5-6-11(8-13(9)19)25-16(27)14-15(17(25)28)26(24-23-14)12-4-2-3-10(7-12)18(20,21)22/h2-8,14-15H,1H3/t14-,15+/m1/s1. The second kappa shape index (κ2) is 6.11. The first-order chi connectivity index (χ1) is 13.2. The summed E-state index contributed by atoms with van der Waals surface area (Å²) >= 11 is 0. The van der Waals surface area contributed by atoms with Crippen molar-refractivity contribution in [1.29, 1.82) is 0 Å². The zero-order valence-electron chi connectivity index (χ0n) is 14.3. The van der Waals surface area contributed by atoms with E-state index in [0.29, 0.717) is 5.56 Å². The minimum atomic E-state index is -4.58. The topological polar surface area (TPSA) is 65.3 Å². The van der Waals surface area contributed by atoms with E-state index in [1.54, 1.807) is 0 Å². The van der Waals surface area contributed by atoms with Crippen molar-refractivity contribution in [2.45, 2.75) is 25.2 Å². The summed E-state index contributed by atoms with van der Waals surface area (Å²) in [5, 5.41) is 8.47. The van der Waals surface area contributed by atoms with E-state index in [1.165, 1.54) is 31.2 Å². The number of hydrogen-bond donors (Lipinski definition) is 0. The number of amides is 2. The molecule has 0 aliphatic carbocycles. The summed E-state index contributed by atoms with van der Waals surface area (Å²) in [6, 6.07) is 5.69. The first-order valence-corrected chi connectivity index (χ1v) is 8.20. The van der Waals surface area contributed by atoms with E-state index in [0.717, 1.165) is 28.1 Å². The van der Waals surface area contributed by atoms with Crippen LogP contribution in [0.25, 0.3) is 0 Å². The van der Waals surface area contributed by atoms with Crippen LogP contribution in [0.5, 0.6) is 0 Å². The van der Waals surface area contributed by atoms with Crippen molar-refractivity contribution in [2.24, 2.45) is 10.3 Å². The summed E-state index contributed by atoms with van der Waals surface area (Å²) in [6.45, 7) is 1.53. The average molecular weight is 392 g/mol. The maximum Gasteiger partial charge on any atom is 0.416 e. The largest absolute Gasteiger partial charge is 0.416 e. The highest BCUT2D eigenvalue weighted by Gasteiger charge is 2.55. The molecule has 2 aromatic carbocycles. The molecule has 0 radical (unpaired) electrons. The van der Waals surface area contributed by atoms with Crippen LogP contribution in [0, 0.1) is 12.7 Å². The van der Waals surface area contributed by atoms with Gasteiger partial charge in [0, 0.05) is 0 Å². The van der Waals surface area contributed by atoms with Crippen LogP contribution in [0.15, 0.2) is 52.8 Å². The highest BCUT2D eigenvalue weighted by atomic mass is 19.4. The van der Waals surface area contributed by atoms with E-state index in [1.807, 2.05) is 0 Å². The molecule has 1 fully saturated rings. The summed E-state index contributed by atoms with van der Waals surface area (Å²) in [5.41, 5.74) is -0.568. The van der Waals surface area contributed by atoms with Crippen LogP contribution in [-0.4, -0.2) is 23.9 Å². The lowest BCUT2D eigenvalue weighted by molar-refractivity contribution is -0.137. The smallest absolute Gasteiger partial charge is 0.271 e. The number of halogens is 4. The van der Waals surface area contributed by atoms with Gasteiger partial charge in [-0.3, -0.25) is 9.59 Å². The minimum Gasteiger partial charge on any atom is -0.271 e.